The summed E-state index contributed by atoms with van der Waals surface area (Å²) in [5, 5.41) is 6.01. The molecule has 2 atom stereocenters. The Morgan fingerprint density at radius 3 is 3.13 bits per heavy atom. The van der Waals surface area contributed by atoms with Crippen molar-refractivity contribution in [3.05, 3.63) is 0 Å². The minimum absolute atomic E-state index is 0.0155. The number of amides is 1. The third-order valence-electron chi connectivity index (χ3n) is 2.79. The number of nitrogens with zero attached hydrogens (tertiary/aromatic N) is 1. The Balaban J connectivity index is 2.47. The largest absolute Gasteiger partial charge is 0.344 e. The van der Waals surface area contributed by atoms with Gasteiger partial charge in [-0.3, -0.25) is 9.69 Å². The van der Waals surface area contributed by atoms with Gasteiger partial charge in [-0.25, -0.2) is 0 Å². The van der Waals surface area contributed by atoms with E-state index in [2.05, 4.69) is 28.4 Å². The number of nitrogens with one attached hydrogen (secondary N) is 2. The maximum absolute atomic E-state index is 11.7. The molecular weight excluding hydrogens is 190 g/mol. The Hall–Kier alpha value is -1.05. The van der Waals surface area contributed by atoms with Crippen LogP contribution in [0.1, 0.15) is 13.8 Å². The molecule has 0 spiro atoms. The zero-order valence-corrected chi connectivity index (χ0v) is 9.42. The van der Waals surface area contributed by atoms with Crippen molar-refractivity contribution in [3.63, 3.8) is 0 Å². The summed E-state index contributed by atoms with van der Waals surface area (Å²) in [7, 11) is 0. The molecule has 0 bridgehead atoms. The van der Waals surface area contributed by atoms with Crippen LogP contribution in [0.2, 0.25) is 0 Å². The zero-order chi connectivity index (χ0) is 11.3. The number of carbonyl (C=O) groups excluding carboxylic acids is 1. The highest BCUT2D eigenvalue weighted by Crippen LogP contribution is 2.07. The van der Waals surface area contributed by atoms with Crippen LogP contribution in [-0.2, 0) is 4.79 Å². The van der Waals surface area contributed by atoms with Gasteiger partial charge >= 0.3 is 0 Å². The van der Waals surface area contributed by atoms with Gasteiger partial charge in [-0.15, -0.1) is 6.42 Å². The molecule has 0 aliphatic carbocycles. The van der Waals surface area contributed by atoms with Crippen molar-refractivity contribution in [3.8, 4) is 12.3 Å². The van der Waals surface area contributed by atoms with E-state index in [4.69, 9.17) is 6.42 Å². The summed E-state index contributed by atoms with van der Waals surface area (Å²) in [5.41, 5.74) is 0. The Morgan fingerprint density at radius 2 is 2.53 bits per heavy atom. The van der Waals surface area contributed by atoms with Gasteiger partial charge in [0.25, 0.3) is 0 Å². The predicted octanol–water partition coefficient (Wildman–Crippen LogP) is -0.582. The van der Waals surface area contributed by atoms with Crippen molar-refractivity contribution >= 4 is 5.91 Å². The molecule has 4 heteroatoms. The molecular formula is C11H19N3O. The number of rotatable bonds is 3. The van der Waals surface area contributed by atoms with E-state index in [1.54, 1.807) is 0 Å². The second kappa shape index (κ2) is 5.74. The van der Waals surface area contributed by atoms with Crippen molar-refractivity contribution in [2.45, 2.75) is 25.9 Å². The second-order valence-corrected chi connectivity index (χ2v) is 3.89. The first-order valence-electron chi connectivity index (χ1n) is 5.34. The van der Waals surface area contributed by atoms with Crippen LogP contribution in [0, 0.1) is 12.3 Å². The molecule has 0 aromatic carbocycles. The summed E-state index contributed by atoms with van der Waals surface area (Å²) in [4.78, 5) is 13.9. The lowest BCUT2D eigenvalue weighted by Gasteiger charge is -2.37. The van der Waals surface area contributed by atoms with Gasteiger partial charge in [-0.1, -0.05) is 5.92 Å². The summed E-state index contributed by atoms with van der Waals surface area (Å²) in [5.74, 6) is 2.42. The Labute approximate surface area is 91.4 Å². The highest BCUT2D eigenvalue weighted by atomic mass is 16.2. The van der Waals surface area contributed by atoms with E-state index in [9.17, 15) is 4.79 Å². The van der Waals surface area contributed by atoms with Crippen molar-refractivity contribution in [1.82, 2.24) is 15.5 Å². The molecule has 4 nitrogen and oxygen atoms in total. The second-order valence-electron chi connectivity index (χ2n) is 3.89. The molecule has 1 rings (SSSR count). The SMILES string of the molecule is C#CCNC(=O)C(C)N1CCNCC1C. The summed E-state index contributed by atoms with van der Waals surface area (Å²) in [6, 6.07) is 0.292. The van der Waals surface area contributed by atoms with Gasteiger partial charge < -0.3 is 10.6 Å². The average molecular weight is 209 g/mol. The fraction of sp³-hybridized carbons (Fsp3) is 0.727. The molecule has 1 aliphatic heterocycles. The lowest BCUT2D eigenvalue weighted by Crippen LogP contribution is -2.57. The van der Waals surface area contributed by atoms with Crippen molar-refractivity contribution in [2.75, 3.05) is 26.2 Å². The van der Waals surface area contributed by atoms with Gasteiger partial charge in [0.05, 0.1) is 12.6 Å². The van der Waals surface area contributed by atoms with E-state index in [0.29, 0.717) is 12.6 Å². The third-order valence-corrected chi connectivity index (χ3v) is 2.79. The topological polar surface area (TPSA) is 44.4 Å². The number of piperazine rings is 1. The van der Waals surface area contributed by atoms with Gasteiger partial charge in [0, 0.05) is 25.7 Å². The third kappa shape index (κ3) is 3.22. The van der Waals surface area contributed by atoms with Gasteiger partial charge in [0.2, 0.25) is 5.91 Å². The number of terminal acetylenes is 1. The van der Waals surface area contributed by atoms with Crippen LogP contribution >= 0.6 is 0 Å². The van der Waals surface area contributed by atoms with E-state index in [1.807, 2.05) is 6.92 Å². The van der Waals surface area contributed by atoms with Crippen molar-refractivity contribution in [2.24, 2.45) is 0 Å². The van der Waals surface area contributed by atoms with Gasteiger partial charge in [0.15, 0.2) is 0 Å². The quantitative estimate of drug-likeness (QED) is 0.611. The van der Waals surface area contributed by atoms with Crippen molar-refractivity contribution in [1.29, 1.82) is 0 Å². The Kier molecular flexibility index (Phi) is 4.60. The van der Waals surface area contributed by atoms with E-state index in [1.165, 1.54) is 0 Å². The first-order valence-corrected chi connectivity index (χ1v) is 5.34. The molecule has 84 valence electrons. The van der Waals surface area contributed by atoms with E-state index >= 15 is 0 Å². The van der Waals surface area contributed by atoms with Crippen LogP contribution in [-0.4, -0.2) is 49.1 Å². The van der Waals surface area contributed by atoms with E-state index < -0.39 is 0 Å². The highest BCUT2D eigenvalue weighted by Gasteiger charge is 2.26. The van der Waals surface area contributed by atoms with Gasteiger partial charge in [0.1, 0.15) is 0 Å². The van der Waals surface area contributed by atoms with Crippen LogP contribution < -0.4 is 10.6 Å². The van der Waals surface area contributed by atoms with Crippen LogP contribution in [0.5, 0.6) is 0 Å². The summed E-state index contributed by atoms with van der Waals surface area (Å²) in [6.07, 6.45) is 5.09. The van der Waals surface area contributed by atoms with Crippen LogP contribution in [0.3, 0.4) is 0 Å². The normalized spacial score (nSPS) is 24.2. The average Bonchev–Trinajstić information content (AvgIpc) is 2.25. The molecule has 1 amide bonds. The van der Waals surface area contributed by atoms with E-state index in [-0.39, 0.29) is 11.9 Å². The van der Waals surface area contributed by atoms with Gasteiger partial charge in [-0.2, -0.15) is 0 Å². The minimum Gasteiger partial charge on any atom is -0.344 e. The van der Waals surface area contributed by atoms with Crippen LogP contribution in [0.4, 0.5) is 0 Å². The molecule has 1 heterocycles. The van der Waals surface area contributed by atoms with Crippen LogP contribution in [0.15, 0.2) is 0 Å². The summed E-state index contributed by atoms with van der Waals surface area (Å²) >= 11 is 0. The molecule has 0 radical (unpaired) electrons. The summed E-state index contributed by atoms with van der Waals surface area (Å²) in [6.45, 7) is 7.14. The lowest BCUT2D eigenvalue weighted by molar-refractivity contribution is -0.126. The Morgan fingerprint density at radius 1 is 1.80 bits per heavy atom. The zero-order valence-electron chi connectivity index (χ0n) is 9.42. The van der Waals surface area contributed by atoms with Crippen LogP contribution in [0.25, 0.3) is 0 Å². The number of hydrogen-bond acceptors (Lipinski definition) is 3. The molecule has 0 aromatic heterocycles. The molecule has 2 unspecified atom stereocenters. The highest BCUT2D eigenvalue weighted by molar-refractivity contribution is 5.81. The monoisotopic (exact) mass is 209 g/mol. The smallest absolute Gasteiger partial charge is 0.237 e. The molecule has 0 saturated carbocycles. The minimum atomic E-state index is -0.101. The number of hydrogen-bond donors (Lipinski definition) is 2. The van der Waals surface area contributed by atoms with Gasteiger partial charge in [-0.05, 0) is 13.8 Å². The maximum Gasteiger partial charge on any atom is 0.237 e. The molecule has 15 heavy (non-hydrogen) atoms. The molecule has 1 aliphatic rings. The molecule has 1 fully saturated rings. The molecule has 2 N–H and O–H groups in total. The van der Waals surface area contributed by atoms with Crippen molar-refractivity contribution < 1.29 is 4.79 Å². The van der Waals surface area contributed by atoms with E-state index in [0.717, 1.165) is 19.6 Å². The standard InChI is InChI=1S/C11H19N3O/c1-4-5-13-11(15)10(3)14-7-6-12-8-9(14)2/h1,9-10,12H,5-8H2,2-3H3,(H,13,15). The fourth-order valence-corrected chi connectivity index (χ4v) is 1.87. The number of carbonyl (C=O) groups is 1. The molecule has 0 aromatic rings. The maximum atomic E-state index is 11.7. The Bertz CT molecular complexity index is 259. The first kappa shape index (κ1) is 12.0. The summed E-state index contributed by atoms with van der Waals surface area (Å²) < 4.78 is 0. The predicted molar refractivity (Wildman–Crippen MR) is 60.3 cm³/mol. The first-order chi connectivity index (χ1) is 7.16. The fourth-order valence-electron chi connectivity index (χ4n) is 1.87. The molecule has 1 saturated heterocycles. The lowest BCUT2D eigenvalue weighted by atomic mass is 10.1.